The summed E-state index contributed by atoms with van der Waals surface area (Å²) in [4.78, 5) is 17.8. The Balaban J connectivity index is 2.77. The third-order valence-electron chi connectivity index (χ3n) is 3.97. The number of ether oxygens (including phenoxy) is 1. The molecule has 0 aromatic rings. The third-order valence-corrected chi connectivity index (χ3v) is 3.97. The summed E-state index contributed by atoms with van der Waals surface area (Å²) in [5.41, 5.74) is -0.892. The van der Waals surface area contributed by atoms with Gasteiger partial charge in [0.1, 0.15) is 0 Å². The largest absolute Gasteiger partial charge is 0.464 e. The van der Waals surface area contributed by atoms with Crippen LogP contribution in [0.15, 0.2) is 0 Å². The lowest BCUT2D eigenvalue weighted by Gasteiger charge is -2.53. The summed E-state index contributed by atoms with van der Waals surface area (Å²) in [6, 6.07) is 0. The lowest BCUT2D eigenvalue weighted by atomic mass is 9.80. The lowest BCUT2D eigenvalue weighted by Crippen LogP contribution is -2.63. The van der Waals surface area contributed by atoms with E-state index in [1.54, 1.807) is 5.06 Å². The zero-order valence-electron chi connectivity index (χ0n) is 14.5. The first-order valence-electron chi connectivity index (χ1n) is 8.06. The standard InChI is InChI=1S/C16H31NO5/c1-6-7-8-21-14(20)13(11-18)22-17-15(2,3)9-12(19)10-16(17,4)5/h12-13,18-19H,6-11H2,1-5H3. The number of piperidine rings is 1. The van der Waals surface area contributed by atoms with Gasteiger partial charge in [0, 0.05) is 11.1 Å². The molecular weight excluding hydrogens is 286 g/mol. The van der Waals surface area contributed by atoms with Gasteiger partial charge in [-0.3, -0.25) is 4.84 Å². The first-order chi connectivity index (χ1) is 10.1. The minimum Gasteiger partial charge on any atom is -0.464 e. The number of aliphatic hydroxyl groups excluding tert-OH is 2. The molecule has 6 nitrogen and oxygen atoms in total. The molecule has 0 bridgehead atoms. The molecule has 1 rings (SSSR count). The molecule has 130 valence electrons. The summed E-state index contributed by atoms with van der Waals surface area (Å²) in [5, 5.41) is 21.2. The van der Waals surface area contributed by atoms with Crippen molar-refractivity contribution in [2.24, 2.45) is 0 Å². The van der Waals surface area contributed by atoms with E-state index in [1.807, 2.05) is 34.6 Å². The highest BCUT2D eigenvalue weighted by Crippen LogP contribution is 2.39. The van der Waals surface area contributed by atoms with Crippen LogP contribution in [0.25, 0.3) is 0 Å². The van der Waals surface area contributed by atoms with Crippen LogP contribution in [-0.4, -0.2) is 57.7 Å². The fraction of sp³-hybridized carbons (Fsp3) is 0.938. The van der Waals surface area contributed by atoms with E-state index in [1.165, 1.54) is 0 Å². The highest BCUT2D eigenvalue weighted by atomic mass is 16.7. The molecule has 2 N–H and O–H groups in total. The highest BCUT2D eigenvalue weighted by molar-refractivity contribution is 5.74. The molecule has 1 aliphatic rings. The Hall–Kier alpha value is -0.690. The van der Waals surface area contributed by atoms with Gasteiger partial charge in [0.05, 0.1) is 19.3 Å². The topological polar surface area (TPSA) is 79.2 Å². The predicted octanol–water partition coefficient (Wildman–Crippen LogP) is 1.64. The number of hydroxylamine groups is 2. The molecule has 0 amide bonds. The second-order valence-electron chi connectivity index (χ2n) is 7.28. The molecule has 0 aromatic carbocycles. The number of carbonyl (C=O) groups is 1. The molecule has 0 spiro atoms. The summed E-state index contributed by atoms with van der Waals surface area (Å²) in [7, 11) is 0. The van der Waals surface area contributed by atoms with Gasteiger partial charge in [-0.15, -0.1) is 0 Å². The Bertz CT molecular complexity index is 352. The summed E-state index contributed by atoms with van der Waals surface area (Å²) in [6.07, 6.45) is 1.36. The molecule has 0 radical (unpaired) electrons. The number of carbonyl (C=O) groups excluding carboxylic acids is 1. The number of unbranched alkanes of at least 4 members (excludes halogenated alkanes) is 1. The Morgan fingerprint density at radius 2 is 1.82 bits per heavy atom. The first kappa shape index (κ1) is 19.4. The Morgan fingerprint density at radius 1 is 1.27 bits per heavy atom. The first-order valence-corrected chi connectivity index (χ1v) is 8.06. The van der Waals surface area contributed by atoms with Gasteiger partial charge in [-0.2, -0.15) is 5.06 Å². The number of nitrogens with zero attached hydrogens (tertiary/aromatic N) is 1. The molecule has 0 saturated carbocycles. The van der Waals surface area contributed by atoms with E-state index in [2.05, 4.69) is 0 Å². The van der Waals surface area contributed by atoms with Gasteiger partial charge in [-0.05, 0) is 47.0 Å². The quantitative estimate of drug-likeness (QED) is 0.549. The number of hydrogen-bond acceptors (Lipinski definition) is 6. The number of rotatable bonds is 7. The molecule has 22 heavy (non-hydrogen) atoms. The maximum absolute atomic E-state index is 12.0. The van der Waals surface area contributed by atoms with Gasteiger partial charge in [-0.25, -0.2) is 4.79 Å². The van der Waals surface area contributed by atoms with Crippen molar-refractivity contribution in [3.8, 4) is 0 Å². The number of aliphatic hydroxyl groups is 2. The second kappa shape index (κ2) is 7.73. The van der Waals surface area contributed by atoms with Crippen LogP contribution in [0.1, 0.15) is 60.3 Å². The minimum atomic E-state index is -1.04. The van der Waals surface area contributed by atoms with E-state index in [9.17, 15) is 15.0 Å². The van der Waals surface area contributed by atoms with Crippen LogP contribution in [0.4, 0.5) is 0 Å². The van der Waals surface area contributed by atoms with Gasteiger partial charge in [0.2, 0.25) is 0 Å². The predicted molar refractivity (Wildman–Crippen MR) is 83.1 cm³/mol. The van der Waals surface area contributed by atoms with Gasteiger partial charge in [-0.1, -0.05) is 13.3 Å². The van der Waals surface area contributed by atoms with E-state index < -0.39 is 35.9 Å². The second-order valence-corrected chi connectivity index (χ2v) is 7.28. The fourth-order valence-corrected chi connectivity index (χ4v) is 3.18. The lowest BCUT2D eigenvalue weighted by molar-refractivity contribution is -0.315. The highest BCUT2D eigenvalue weighted by Gasteiger charge is 2.47. The van der Waals surface area contributed by atoms with Crippen LogP contribution in [0, 0.1) is 0 Å². The van der Waals surface area contributed by atoms with Crippen molar-refractivity contribution in [2.75, 3.05) is 13.2 Å². The zero-order chi connectivity index (χ0) is 17.0. The molecule has 1 atom stereocenters. The van der Waals surface area contributed by atoms with E-state index in [4.69, 9.17) is 9.57 Å². The zero-order valence-corrected chi connectivity index (χ0v) is 14.5. The Kier molecular flexibility index (Phi) is 6.80. The van der Waals surface area contributed by atoms with Crippen LogP contribution < -0.4 is 0 Å². The van der Waals surface area contributed by atoms with Crippen molar-refractivity contribution in [3.05, 3.63) is 0 Å². The van der Waals surface area contributed by atoms with Crippen LogP contribution in [-0.2, 0) is 14.4 Å². The Morgan fingerprint density at radius 3 is 2.27 bits per heavy atom. The molecule has 1 aliphatic heterocycles. The van der Waals surface area contributed by atoms with Crippen LogP contribution in [0.2, 0.25) is 0 Å². The van der Waals surface area contributed by atoms with Crippen LogP contribution in [0.5, 0.6) is 0 Å². The van der Waals surface area contributed by atoms with Crippen molar-refractivity contribution >= 4 is 5.97 Å². The van der Waals surface area contributed by atoms with E-state index >= 15 is 0 Å². The molecule has 0 aliphatic carbocycles. The summed E-state index contributed by atoms with van der Waals surface area (Å²) in [6.45, 7) is 9.72. The maximum Gasteiger partial charge on any atom is 0.339 e. The third kappa shape index (κ3) is 4.91. The van der Waals surface area contributed by atoms with Crippen molar-refractivity contribution in [1.29, 1.82) is 0 Å². The average molecular weight is 317 g/mol. The fourth-order valence-electron chi connectivity index (χ4n) is 3.18. The van der Waals surface area contributed by atoms with E-state index in [0.29, 0.717) is 19.4 Å². The van der Waals surface area contributed by atoms with Crippen LogP contribution >= 0.6 is 0 Å². The molecule has 1 heterocycles. The normalized spacial score (nSPS) is 23.2. The van der Waals surface area contributed by atoms with Crippen molar-refractivity contribution in [3.63, 3.8) is 0 Å². The number of hydrogen-bond donors (Lipinski definition) is 2. The van der Waals surface area contributed by atoms with Crippen molar-refractivity contribution < 1.29 is 24.6 Å². The summed E-state index contributed by atoms with van der Waals surface area (Å²) < 4.78 is 5.13. The monoisotopic (exact) mass is 317 g/mol. The van der Waals surface area contributed by atoms with E-state index in [0.717, 1.165) is 12.8 Å². The van der Waals surface area contributed by atoms with Gasteiger partial charge >= 0.3 is 5.97 Å². The molecule has 1 fully saturated rings. The summed E-state index contributed by atoms with van der Waals surface area (Å²) in [5.74, 6) is -0.548. The van der Waals surface area contributed by atoms with Gasteiger partial charge in [0.15, 0.2) is 6.10 Å². The molecule has 0 aromatic heterocycles. The molecule has 6 heteroatoms. The van der Waals surface area contributed by atoms with Gasteiger partial charge in [0.25, 0.3) is 0 Å². The maximum atomic E-state index is 12.0. The minimum absolute atomic E-state index is 0.334. The smallest absolute Gasteiger partial charge is 0.339 e. The van der Waals surface area contributed by atoms with Crippen molar-refractivity contribution in [2.45, 2.75) is 83.6 Å². The Labute approximate surface area is 133 Å². The molecule has 1 saturated heterocycles. The summed E-state index contributed by atoms with van der Waals surface area (Å²) >= 11 is 0. The van der Waals surface area contributed by atoms with Crippen LogP contribution in [0.3, 0.4) is 0 Å². The SMILES string of the molecule is CCCCOC(=O)C(CO)ON1C(C)(C)CC(O)CC1(C)C. The molecular formula is C16H31NO5. The molecule has 1 unspecified atom stereocenters. The van der Waals surface area contributed by atoms with Gasteiger partial charge < -0.3 is 14.9 Å². The average Bonchev–Trinajstić information content (AvgIpc) is 2.36. The van der Waals surface area contributed by atoms with Crippen molar-refractivity contribution in [1.82, 2.24) is 5.06 Å². The van der Waals surface area contributed by atoms with E-state index in [-0.39, 0.29) is 0 Å². The number of esters is 1.